The second kappa shape index (κ2) is 5.19. The molecule has 0 atom stereocenters. The molecule has 0 amide bonds. The Bertz CT molecular complexity index is 342. The van der Waals surface area contributed by atoms with E-state index in [1.165, 1.54) is 0 Å². The lowest BCUT2D eigenvalue weighted by Crippen LogP contribution is -2.05. The molecule has 0 saturated carbocycles. The van der Waals surface area contributed by atoms with E-state index in [4.69, 9.17) is 10.8 Å². The van der Waals surface area contributed by atoms with Gasteiger partial charge in [-0.05, 0) is 11.6 Å². The summed E-state index contributed by atoms with van der Waals surface area (Å²) in [5.74, 6) is 0. The predicted octanol–water partition coefficient (Wildman–Crippen LogP) is 1.05. The fourth-order valence-corrected chi connectivity index (χ4v) is 1.07. The van der Waals surface area contributed by atoms with Gasteiger partial charge in [-0.1, -0.05) is 30.3 Å². The molecule has 74 valence electrons. The Hall–Kier alpha value is -1.61. The summed E-state index contributed by atoms with van der Waals surface area (Å²) in [5, 5.41) is 8.89. The minimum atomic E-state index is -0.0932. The van der Waals surface area contributed by atoms with Crippen molar-refractivity contribution in [3.05, 3.63) is 42.0 Å². The predicted molar refractivity (Wildman–Crippen MR) is 59.1 cm³/mol. The van der Waals surface area contributed by atoms with Crippen molar-refractivity contribution >= 4 is 11.4 Å². The summed E-state index contributed by atoms with van der Waals surface area (Å²) < 4.78 is 0. The molecule has 3 N–H and O–H groups in total. The van der Waals surface area contributed by atoms with Gasteiger partial charge in [0, 0.05) is 12.7 Å². The Morgan fingerprint density at radius 2 is 2.07 bits per heavy atom. The molecule has 0 heterocycles. The van der Waals surface area contributed by atoms with Crippen molar-refractivity contribution in [3.63, 3.8) is 0 Å². The van der Waals surface area contributed by atoms with Crippen LogP contribution in [0.5, 0.6) is 0 Å². The number of hydrogen-bond acceptors (Lipinski definition) is 3. The van der Waals surface area contributed by atoms with E-state index in [2.05, 4.69) is 4.99 Å². The average molecular weight is 190 g/mol. The van der Waals surface area contributed by atoms with Crippen LogP contribution >= 0.6 is 0 Å². The molecular formula is C11H14N2O. The first-order chi connectivity index (χ1) is 6.77. The zero-order chi connectivity index (χ0) is 10.4. The summed E-state index contributed by atoms with van der Waals surface area (Å²) in [7, 11) is 1.63. The maximum atomic E-state index is 8.89. The molecule has 0 bridgehead atoms. The molecule has 0 radical (unpaired) electrons. The summed E-state index contributed by atoms with van der Waals surface area (Å²) in [4.78, 5) is 3.88. The molecule has 0 spiro atoms. The summed E-state index contributed by atoms with van der Waals surface area (Å²) >= 11 is 0. The van der Waals surface area contributed by atoms with Crippen molar-refractivity contribution in [1.82, 2.24) is 0 Å². The van der Waals surface area contributed by atoms with Crippen LogP contribution in [0.25, 0.3) is 5.70 Å². The molecule has 0 saturated heterocycles. The highest BCUT2D eigenvalue weighted by Crippen LogP contribution is 2.07. The largest absolute Gasteiger partial charge is 0.398 e. The number of aliphatic hydroxyl groups excluding tert-OH is 1. The quantitative estimate of drug-likeness (QED) is 0.700. The Balaban J connectivity index is 2.90. The average Bonchev–Trinajstić information content (AvgIpc) is 2.26. The number of nitrogens with two attached hydrogens (primary N) is 1. The highest BCUT2D eigenvalue weighted by atomic mass is 16.3. The zero-order valence-electron chi connectivity index (χ0n) is 8.14. The van der Waals surface area contributed by atoms with E-state index in [-0.39, 0.29) is 6.61 Å². The van der Waals surface area contributed by atoms with E-state index >= 15 is 0 Å². The minimum Gasteiger partial charge on any atom is -0.398 e. The molecule has 0 aliphatic rings. The second-order valence-electron chi connectivity index (χ2n) is 2.84. The van der Waals surface area contributed by atoms with E-state index in [9.17, 15) is 0 Å². The Morgan fingerprint density at radius 1 is 1.43 bits per heavy atom. The van der Waals surface area contributed by atoms with E-state index in [0.717, 1.165) is 5.56 Å². The van der Waals surface area contributed by atoms with Crippen molar-refractivity contribution < 1.29 is 5.11 Å². The summed E-state index contributed by atoms with van der Waals surface area (Å²) in [6.07, 6.45) is 1.68. The van der Waals surface area contributed by atoms with Gasteiger partial charge in [-0.25, -0.2) is 0 Å². The third kappa shape index (κ3) is 2.71. The van der Waals surface area contributed by atoms with Gasteiger partial charge in [-0.2, -0.15) is 0 Å². The van der Waals surface area contributed by atoms with Crippen LogP contribution in [0.2, 0.25) is 0 Å². The van der Waals surface area contributed by atoms with Crippen LogP contribution in [0.4, 0.5) is 0 Å². The lowest BCUT2D eigenvalue weighted by atomic mass is 10.1. The molecule has 14 heavy (non-hydrogen) atoms. The van der Waals surface area contributed by atoms with E-state index < -0.39 is 0 Å². The normalized spacial score (nSPS) is 13.0. The Morgan fingerprint density at radius 3 is 2.57 bits per heavy atom. The minimum absolute atomic E-state index is 0.0932. The van der Waals surface area contributed by atoms with E-state index in [1.54, 1.807) is 13.1 Å². The van der Waals surface area contributed by atoms with Gasteiger partial charge in [0.1, 0.15) is 0 Å². The topological polar surface area (TPSA) is 58.6 Å². The second-order valence-corrected chi connectivity index (χ2v) is 2.84. The number of hydrogen-bond donors (Lipinski definition) is 2. The third-order valence-electron chi connectivity index (χ3n) is 1.88. The van der Waals surface area contributed by atoms with Crippen LogP contribution in [0.1, 0.15) is 5.56 Å². The molecule has 0 fully saturated rings. The molecule has 1 aromatic carbocycles. The molecule has 1 rings (SSSR count). The first-order valence-electron chi connectivity index (χ1n) is 4.37. The summed E-state index contributed by atoms with van der Waals surface area (Å²) in [6, 6.07) is 9.58. The van der Waals surface area contributed by atoms with Gasteiger partial charge >= 0.3 is 0 Å². The smallest absolute Gasteiger partial charge is 0.0849 e. The van der Waals surface area contributed by atoms with Crippen molar-refractivity contribution in [2.75, 3.05) is 13.7 Å². The molecule has 0 aromatic heterocycles. The molecule has 1 aromatic rings. The van der Waals surface area contributed by atoms with Gasteiger partial charge in [-0.3, -0.25) is 4.99 Å². The highest BCUT2D eigenvalue weighted by molar-refractivity contribution is 6.01. The zero-order valence-corrected chi connectivity index (χ0v) is 8.14. The van der Waals surface area contributed by atoms with Gasteiger partial charge in [0.15, 0.2) is 0 Å². The lowest BCUT2D eigenvalue weighted by Gasteiger charge is -2.01. The summed E-state index contributed by atoms with van der Waals surface area (Å²) in [6.45, 7) is -0.0932. The molecular weight excluding hydrogens is 176 g/mol. The van der Waals surface area contributed by atoms with Gasteiger partial charge in [0.25, 0.3) is 0 Å². The van der Waals surface area contributed by atoms with Crippen molar-refractivity contribution in [1.29, 1.82) is 0 Å². The summed E-state index contributed by atoms with van der Waals surface area (Å²) in [5.41, 5.74) is 7.94. The first-order valence-corrected chi connectivity index (χ1v) is 4.37. The number of benzene rings is 1. The van der Waals surface area contributed by atoms with Crippen LogP contribution < -0.4 is 5.73 Å². The van der Waals surface area contributed by atoms with Crippen LogP contribution in [0, 0.1) is 0 Å². The van der Waals surface area contributed by atoms with E-state index in [0.29, 0.717) is 11.4 Å². The Labute approximate surface area is 83.6 Å². The fraction of sp³-hybridized carbons (Fsp3) is 0.182. The highest BCUT2D eigenvalue weighted by Gasteiger charge is 1.97. The molecule has 3 nitrogen and oxygen atoms in total. The number of nitrogens with zero attached hydrogens (tertiary/aromatic N) is 1. The Kier molecular flexibility index (Phi) is 3.88. The maximum Gasteiger partial charge on any atom is 0.0849 e. The van der Waals surface area contributed by atoms with Gasteiger partial charge in [0.05, 0.1) is 12.3 Å². The fourth-order valence-electron chi connectivity index (χ4n) is 1.07. The molecule has 0 aliphatic carbocycles. The number of rotatable bonds is 3. The van der Waals surface area contributed by atoms with Crippen molar-refractivity contribution in [2.24, 2.45) is 10.7 Å². The number of aliphatic imine (C=N–C) groups is 1. The van der Waals surface area contributed by atoms with Crippen LogP contribution in [-0.4, -0.2) is 24.5 Å². The van der Waals surface area contributed by atoms with Gasteiger partial charge < -0.3 is 10.8 Å². The first kappa shape index (κ1) is 10.5. The van der Waals surface area contributed by atoms with Gasteiger partial charge in [-0.15, -0.1) is 0 Å². The van der Waals surface area contributed by atoms with Crippen LogP contribution in [0.15, 0.2) is 41.4 Å². The SMILES string of the molecule is CN=C(/C=C(\N)c1ccccc1)CO. The van der Waals surface area contributed by atoms with E-state index in [1.807, 2.05) is 30.3 Å². The van der Waals surface area contributed by atoms with Crippen LogP contribution in [0.3, 0.4) is 0 Å². The molecule has 0 aliphatic heterocycles. The monoisotopic (exact) mass is 190 g/mol. The third-order valence-corrected chi connectivity index (χ3v) is 1.88. The van der Waals surface area contributed by atoms with Gasteiger partial charge in [0.2, 0.25) is 0 Å². The number of aliphatic hydroxyl groups is 1. The van der Waals surface area contributed by atoms with Crippen molar-refractivity contribution in [3.8, 4) is 0 Å². The van der Waals surface area contributed by atoms with Crippen molar-refractivity contribution in [2.45, 2.75) is 0 Å². The standard InChI is InChI=1S/C11H14N2O/c1-13-10(8-14)7-11(12)9-5-3-2-4-6-9/h2-7,14H,8,12H2,1H3/b11-7-,13-10?. The molecule has 0 unspecified atom stereocenters. The van der Waals surface area contributed by atoms with Crippen LogP contribution in [-0.2, 0) is 0 Å². The molecule has 3 heteroatoms. The maximum absolute atomic E-state index is 8.89. The lowest BCUT2D eigenvalue weighted by molar-refractivity contribution is 0.358.